The molecule has 0 saturated carbocycles. The van der Waals surface area contributed by atoms with Gasteiger partial charge in [-0.25, -0.2) is 0 Å². The van der Waals surface area contributed by atoms with Gasteiger partial charge in [-0.3, -0.25) is 4.79 Å². The molecule has 3 aromatic rings. The molecule has 0 radical (unpaired) electrons. The molecule has 1 fully saturated rings. The van der Waals surface area contributed by atoms with Crippen molar-refractivity contribution in [3.8, 4) is 11.4 Å². The maximum absolute atomic E-state index is 13.0. The Morgan fingerprint density at radius 2 is 1.90 bits per heavy atom. The fraction of sp³-hybridized carbons (Fsp3) is 0.375. The lowest BCUT2D eigenvalue weighted by atomic mass is 9.96. The zero-order valence-corrected chi connectivity index (χ0v) is 17.3. The van der Waals surface area contributed by atoms with E-state index in [1.54, 1.807) is 0 Å². The third kappa shape index (κ3) is 4.09. The maximum Gasteiger partial charge on any atom is 0.254 e. The molecule has 0 N–H and O–H groups in total. The third-order valence-corrected chi connectivity index (χ3v) is 5.71. The molecular formula is C24H27N3O2. The van der Waals surface area contributed by atoms with E-state index in [-0.39, 0.29) is 11.8 Å². The second kappa shape index (κ2) is 8.19. The fourth-order valence-corrected chi connectivity index (χ4v) is 3.88. The Labute approximate surface area is 171 Å². The number of nitrogens with zero attached hydrogens (tertiary/aromatic N) is 3. The van der Waals surface area contributed by atoms with E-state index in [1.807, 2.05) is 48.2 Å². The molecule has 29 heavy (non-hydrogen) atoms. The SMILES string of the molecule is Cc1ccccc1C(=O)N1CCC[C@H](c2nc(-c3ccc(C(C)C)cc3)no2)C1. The van der Waals surface area contributed by atoms with Gasteiger partial charge in [0.05, 0.1) is 5.92 Å². The normalized spacial score (nSPS) is 17.0. The van der Waals surface area contributed by atoms with Crippen LogP contribution in [0.2, 0.25) is 0 Å². The van der Waals surface area contributed by atoms with Crippen molar-refractivity contribution in [3.63, 3.8) is 0 Å². The summed E-state index contributed by atoms with van der Waals surface area (Å²) in [7, 11) is 0. The van der Waals surface area contributed by atoms with Crippen molar-refractivity contribution in [1.82, 2.24) is 15.0 Å². The first-order valence-corrected chi connectivity index (χ1v) is 10.3. The van der Waals surface area contributed by atoms with E-state index in [4.69, 9.17) is 4.52 Å². The van der Waals surface area contributed by atoms with Gasteiger partial charge in [-0.05, 0) is 42.9 Å². The first-order valence-electron chi connectivity index (χ1n) is 10.3. The fourth-order valence-electron chi connectivity index (χ4n) is 3.88. The van der Waals surface area contributed by atoms with Crippen LogP contribution in [-0.2, 0) is 0 Å². The topological polar surface area (TPSA) is 59.2 Å². The standard InChI is InChI=1S/C24H27N3O2/c1-16(2)18-10-12-19(13-11-18)22-25-23(29-26-22)20-8-6-14-27(15-20)24(28)21-9-5-4-7-17(21)3/h4-5,7,9-13,16,20H,6,8,14-15H2,1-3H3/t20-/m0/s1. The molecule has 1 aliphatic rings. The Bertz CT molecular complexity index is 991. The molecular weight excluding hydrogens is 362 g/mol. The third-order valence-electron chi connectivity index (χ3n) is 5.71. The molecule has 1 aliphatic heterocycles. The number of aryl methyl sites for hydroxylation is 1. The Morgan fingerprint density at radius 3 is 2.62 bits per heavy atom. The molecule has 2 heterocycles. The van der Waals surface area contributed by atoms with E-state index < -0.39 is 0 Å². The summed E-state index contributed by atoms with van der Waals surface area (Å²) >= 11 is 0. The summed E-state index contributed by atoms with van der Waals surface area (Å²) in [6.45, 7) is 7.70. The second-order valence-electron chi connectivity index (χ2n) is 8.14. The van der Waals surface area contributed by atoms with E-state index in [0.717, 1.165) is 36.1 Å². The van der Waals surface area contributed by atoms with E-state index in [0.29, 0.717) is 24.2 Å². The minimum Gasteiger partial charge on any atom is -0.339 e. The summed E-state index contributed by atoms with van der Waals surface area (Å²) in [5.41, 5.74) is 4.01. The van der Waals surface area contributed by atoms with Gasteiger partial charge in [-0.2, -0.15) is 4.98 Å². The van der Waals surface area contributed by atoms with E-state index >= 15 is 0 Å². The molecule has 1 saturated heterocycles. The highest BCUT2D eigenvalue weighted by Crippen LogP contribution is 2.29. The number of rotatable bonds is 4. The molecule has 4 rings (SSSR count). The minimum atomic E-state index is 0.0768. The number of amides is 1. The van der Waals surface area contributed by atoms with E-state index in [1.165, 1.54) is 5.56 Å². The minimum absolute atomic E-state index is 0.0768. The summed E-state index contributed by atoms with van der Waals surface area (Å²) in [5, 5.41) is 4.19. The molecule has 5 heteroatoms. The van der Waals surface area contributed by atoms with Gasteiger partial charge in [0, 0.05) is 24.2 Å². The molecule has 1 atom stereocenters. The lowest BCUT2D eigenvalue weighted by molar-refractivity contribution is 0.0695. The second-order valence-corrected chi connectivity index (χ2v) is 8.14. The van der Waals surface area contributed by atoms with Crippen LogP contribution in [0.1, 0.15) is 65.9 Å². The van der Waals surface area contributed by atoms with Crippen LogP contribution in [0.3, 0.4) is 0 Å². The number of aromatic nitrogens is 2. The lowest BCUT2D eigenvalue weighted by Crippen LogP contribution is -2.39. The number of carbonyl (C=O) groups is 1. The molecule has 0 spiro atoms. The van der Waals surface area contributed by atoms with Gasteiger partial charge >= 0.3 is 0 Å². The van der Waals surface area contributed by atoms with Crippen molar-refractivity contribution in [3.05, 3.63) is 71.1 Å². The van der Waals surface area contributed by atoms with Gasteiger partial charge in [0.1, 0.15) is 0 Å². The number of benzene rings is 2. The van der Waals surface area contributed by atoms with Crippen LogP contribution in [0.4, 0.5) is 0 Å². The summed E-state index contributed by atoms with van der Waals surface area (Å²) in [6, 6.07) is 16.0. The number of carbonyl (C=O) groups excluding carboxylic acids is 1. The van der Waals surface area contributed by atoms with Gasteiger partial charge in [-0.15, -0.1) is 0 Å². The number of piperidine rings is 1. The van der Waals surface area contributed by atoms with Gasteiger partial charge in [-0.1, -0.05) is 61.5 Å². The highest BCUT2D eigenvalue weighted by atomic mass is 16.5. The molecule has 2 aromatic carbocycles. The Hall–Kier alpha value is -2.95. The zero-order valence-electron chi connectivity index (χ0n) is 17.3. The predicted molar refractivity (Wildman–Crippen MR) is 113 cm³/mol. The predicted octanol–water partition coefficient (Wildman–Crippen LogP) is 5.19. The van der Waals surface area contributed by atoms with Crippen molar-refractivity contribution in [2.45, 2.75) is 45.4 Å². The van der Waals surface area contributed by atoms with Crippen molar-refractivity contribution in [1.29, 1.82) is 0 Å². The molecule has 5 nitrogen and oxygen atoms in total. The summed E-state index contributed by atoms with van der Waals surface area (Å²) < 4.78 is 5.59. The summed E-state index contributed by atoms with van der Waals surface area (Å²) in [6.07, 6.45) is 1.88. The van der Waals surface area contributed by atoms with Gasteiger partial charge in [0.25, 0.3) is 5.91 Å². The van der Waals surface area contributed by atoms with Crippen LogP contribution in [0.25, 0.3) is 11.4 Å². The van der Waals surface area contributed by atoms with Crippen molar-refractivity contribution < 1.29 is 9.32 Å². The smallest absolute Gasteiger partial charge is 0.254 e. The number of hydrogen-bond acceptors (Lipinski definition) is 4. The van der Waals surface area contributed by atoms with Crippen LogP contribution in [0.5, 0.6) is 0 Å². The van der Waals surface area contributed by atoms with Crippen molar-refractivity contribution >= 4 is 5.91 Å². The van der Waals surface area contributed by atoms with Gasteiger partial charge in [0.15, 0.2) is 0 Å². The molecule has 150 valence electrons. The van der Waals surface area contributed by atoms with Gasteiger partial charge in [0.2, 0.25) is 11.7 Å². The highest BCUT2D eigenvalue weighted by molar-refractivity contribution is 5.95. The van der Waals surface area contributed by atoms with Crippen LogP contribution in [0, 0.1) is 6.92 Å². The molecule has 0 unspecified atom stereocenters. The zero-order chi connectivity index (χ0) is 20.4. The van der Waals surface area contributed by atoms with E-state index in [2.05, 4.69) is 36.1 Å². The van der Waals surface area contributed by atoms with Crippen LogP contribution in [-0.4, -0.2) is 34.0 Å². The van der Waals surface area contributed by atoms with Crippen LogP contribution < -0.4 is 0 Å². The quantitative estimate of drug-likeness (QED) is 0.616. The molecule has 0 bridgehead atoms. The Morgan fingerprint density at radius 1 is 1.14 bits per heavy atom. The first kappa shape index (κ1) is 19.4. The summed E-state index contributed by atoms with van der Waals surface area (Å²) in [4.78, 5) is 19.5. The first-order chi connectivity index (χ1) is 14.0. The molecule has 0 aliphatic carbocycles. The van der Waals surface area contributed by atoms with Crippen LogP contribution in [0.15, 0.2) is 53.1 Å². The Balaban J connectivity index is 1.49. The highest BCUT2D eigenvalue weighted by Gasteiger charge is 2.29. The largest absolute Gasteiger partial charge is 0.339 e. The van der Waals surface area contributed by atoms with Crippen molar-refractivity contribution in [2.75, 3.05) is 13.1 Å². The molecule has 1 aromatic heterocycles. The van der Waals surface area contributed by atoms with E-state index in [9.17, 15) is 4.79 Å². The van der Waals surface area contributed by atoms with Crippen molar-refractivity contribution in [2.24, 2.45) is 0 Å². The number of likely N-dealkylation sites (tertiary alicyclic amines) is 1. The number of hydrogen-bond donors (Lipinski definition) is 0. The van der Waals surface area contributed by atoms with Crippen LogP contribution >= 0.6 is 0 Å². The molecule has 1 amide bonds. The maximum atomic E-state index is 13.0. The average Bonchev–Trinajstić information content (AvgIpc) is 3.24. The monoisotopic (exact) mass is 389 g/mol. The van der Waals surface area contributed by atoms with Gasteiger partial charge < -0.3 is 9.42 Å². The Kier molecular flexibility index (Phi) is 5.47. The summed E-state index contributed by atoms with van der Waals surface area (Å²) in [5.74, 6) is 1.88. The average molecular weight is 389 g/mol. The lowest BCUT2D eigenvalue weighted by Gasteiger charge is -2.31.